The Morgan fingerprint density at radius 2 is 1.76 bits per heavy atom. The van der Waals surface area contributed by atoms with Gasteiger partial charge in [-0.25, -0.2) is 15.2 Å². The van der Waals surface area contributed by atoms with Crippen LogP contribution >= 0.6 is 0 Å². The number of fused-ring (bicyclic) bond motifs is 1. The number of carbonyl (C=O) groups excluding carboxylic acids is 1. The van der Waals surface area contributed by atoms with Crippen molar-refractivity contribution in [1.82, 2.24) is 10.9 Å². The SMILES string of the molecule is COc1cc(C2CC(=O)OC3NNC(c4ccccc4)C32)ccc1OCc1ccccc1F. The van der Waals surface area contributed by atoms with Crippen LogP contribution in [0.5, 0.6) is 11.5 Å². The highest BCUT2D eigenvalue weighted by Crippen LogP contribution is 2.46. The van der Waals surface area contributed by atoms with Crippen molar-refractivity contribution in [2.75, 3.05) is 7.11 Å². The van der Waals surface area contributed by atoms with E-state index in [1.807, 2.05) is 36.4 Å². The van der Waals surface area contributed by atoms with Gasteiger partial charge in [-0.1, -0.05) is 54.6 Å². The number of rotatable bonds is 6. The molecule has 0 aliphatic carbocycles. The minimum atomic E-state index is -0.426. The molecule has 7 heteroatoms. The molecule has 5 rings (SSSR count). The molecule has 2 N–H and O–H groups in total. The summed E-state index contributed by atoms with van der Waals surface area (Å²) >= 11 is 0. The van der Waals surface area contributed by atoms with E-state index in [0.29, 0.717) is 17.1 Å². The monoisotopic (exact) mass is 448 g/mol. The zero-order valence-corrected chi connectivity index (χ0v) is 18.2. The van der Waals surface area contributed by atoms with Gasteiger partial charge in [0, 0.05) is 17.4 Å². The van der Waals surface area contributed by atoms with Gasteiger partial charge in [0.05, 0.1) is 19.6 Å². The normalized spacial score (nSPS) is 24.1. The highest BCUT2D eigenvalue weighted by atomic mass is 19.1. The van der Waals surface area contributed by atoms with E-state index in [1.165, 1.54) is 6.07 Å². The summed E-state index contributed by atoms with van der Waals surface area (Å²) in [6, 6.07) is 22.3. The summed E-state index contributed by atoms with van der Waals surface area (Å²) < 4.78 is 31.0. The number of ether oxygens (including phenoxy) is 3. The smallest absolute Gasteiger partial charge is 0.308 e. The number of hydrogen-bond donors (Lipinski definition) is 2. The van der Waals surface area contributed by atoms with Crippen LogP contribution in [-0.4, -0.2) is 19.3 Å². The zero-order chi connectivity index (χ0) is 22.8. The van der Waals surface area contributed by atoms with Crippen LogP contribution in [0.1, 0.15) is 35.1 Å². The Labute approximate surface area is 191 Å². The van der Waals surface area contributed by atoms with E-state index in [0.717, 1.165) is 11.1 Å². The van der Waals surface area contributed by atoms with Gasteiger partial charge >= 0.3 is 5.97 Å². The minimum Gasteiger partial charge on any atom is -0.493 e. The largest absolute Gasteiger partial charge is 0.493 e. The third kappa shape index (κ3) is 4.29. The number of carbonyl (C=O) groups is 1. The molecule has 0 spiro atoms. The number of benzene rings is 3. The fraction of sp³-hybridized carbons (Fsp3) is 0.269. The third-order valence-electron chi connectivity index (χ3n) is 6.34. The van der Waals surface area contributed by atoms with Crippen LogP contribution in [0, 0.1) is 11.7 Å². The van der Waals surface area contributed by atoms with Crippen molar-refractivity contribution in [3.8, 4) is 11.5 Å². The predicted octanol–water partition coefficient (Wildman–Crippen LogP) is 4.24. The molecular formula is C26H25FN2O4. The van der Waals surface area contributed by atoms with Gasteiger partial charge in [0.15, 0.2) is 17.7 Å². The van der Waals surface area contributed by atoms with Crippen LogP contribution < -0.4 is 20.3 Å². The van der Waals surface area contributed by atoms with Gasteiger partial charge in [0.2, 0.25) is 0 Å². The van der Waals surface area contributed by atoms with Crippen molar-refractivity contribution < 1.29 is 23.4 Å². The van der Waals surface area contributed by atoms with Gasteiger partial charge in [0.1, 0.15) is 12.4 Å². The second-order valence-corrected chi connectivity index (χ2v) is 8.27. The van der Waals surface area contributed by atoms with Crippen molar-refractivity contribution in [2.45, 2.75) is 31.2 Å². The first-order chi connectivity index (χ1) is 16.1. The average Bonchev–Trinajstić information content (AvgIpc) is 3.27. The quantitative estimate of drug-likeness (QED) is 0.550. The standard InChI is InChI=1S/C26H25FN2O4/c1-31-22-13-17(11-12-21(22)32-15-18-9-5-6-10-20(18)27)19-14-23(30)33-26-24(19)25(28-29-26)16-7-3-2-4-8-16/h2-13,19,24-26,28-29H,14-15H2,1H3. The highest BCUT2D eigenvalue weighted by molar-refractivity contribution is 5.72. The second-order valence-electron chi connectivity index (χ2n) is 8.27. The maximum absolute atomic E-state index is 14.0. The lowest BCUT2D eigenvalue weighted by atomic mass is 9.76. The van der Waals surface area contributed by atoms with Crippen molar-refractivity contribution in [3.63, 3.8) is 0 Å². The Bertz CT molecular complexity index is 1140. The molecule has 6 nitrogen and oxygen atoms in total. The lowest BCUT2D eigenvalue weighted by molar-refractivity contribution is -0.160. The molecule has 3 aromatic carbocycles. The van der Waals surface area contributed by atoms with E-state index in [-0.39, 0.29) is 42.7 Å². The lowest BCUT2D eigenvalue weighted by Gasteiger charge is -2.35. The summed E-state index contributed by atoms with van der Waals surface area (Å²) in [7, 11) is 1.57. The molecular weight excluding hydrogens is 423 g/mol. The second kappa shape index (κ2) is 9.21. The first kappa shape index (κ1) is 21.4. The Balaban J connectivity index is 1.42. The molecule has 0 aromatic heterocycles. The Morgan fingerprint density at radius 1 is 0.970 bits per heavy atom. The molecule has 3 aromatic rings. The lowest BCUT2D eigenvalue weighted by Crippen LogP contribution is -2.42. The molecule has 0 bridgehead atoms. The van der Waals surface area contributed by atoms with Gasteiger partial charge in [-0.2, -0.15) is 0 Å². The van der Waals surface area contributed by atoms with E-state index in [2.05, 4.69) is 23.0 Å². The van der Waals surface area contributed by atoms with Gasteiger partial charge in [-0.3, -0.25) is 4.79 Å². The summed E-state index contributed by atoms with van der Waals surface area (Å²) in [5.41, 5.74) is 8.99. The topological polar surface area (TPSA) is 68.8 Å². The Kier molecular flexibility index (Phi) is 5.98. The van der Waals surface area contributed by atoms with E-state index in [1.54, 1.807) is 25.3 Å². The van der Waals surface area contributed by atoms with Crippen LogP contribution in [0.4, 0.5) is 4.39 Å². The minimum absolute atomic E-state index is 0.0000101. The fourth-order valence-corrected chi connectivity index (χ4v) is 4.71. The van der Waals surface area contributed by atoms with Gasteiger partial charge in [-0.05, 0) is 29.3 Å². The molecule has 0 saturated carbocycles. The summed E-state index contributed by atoms with van der Waals surface area (Å²) in [5.74, 6) is 0.408. The maximum Gasteiger partial charge on any atom is 0.308 e. The summed E-state index contributed by atoms with van der Waals surface area (Å²) in [5, 5.41) is 0. The summed E-state index contributed by atoms with van der Waals surface area (Å²) in [6.45, 7) is 0.0900. The van der Waals surface area contributed by atoms with Crippen LogP contribution in [0.15, 0.2) is 72.8 Å². The molecule has 4 unspecified atom stereocenters. The molecule has 0 radical (unpaired) electrons. The van der Waals surface area contributed by atoms with Gasteiger partial charge in [0.25, 0.3) is 0 Å². The number of hydrogen-bond acceptors (Lipinski definition) is 6. The van der Waals surface area contributed by atoms with Crippen molar-refractivity contribution >= 4 is 5.97 Å². The molecule has 2 aliphatic heterocycles. The fourth-order valence-electron chi connectivity index (χ4n) is 4.71. The number of nitrogens with one attached hydrogen (secondary N) is 2. The zero-order valence-electron chi connectivity index (χ0n) is 18.2. The first-order valence-electron chi connectivity index (χ1n) is 10.9. The first-order valence-corrected chi connectivity index (χ1v) is 10.9. The number of methoxy groups -OCH3 is 1. The molecule has 4 atom stereocenters. The molecule has 33 heavy (non-hydrogen) atoms. The molecule has 2 saturated heterocycles. The molecule has 2 aliphatic rings. The van der Waals surface area contributed by atoms with E-state index in [4.69, 9.17) is 14.2 Å². The van der Waals surface area contributed by atoms with Crippen LogP contribution in [-0.2, 0) is 16.1 Å². The van der Waals surface area contributed by atoms with Crippen molar-refractivity contribution in [1.29, 1.82) is 0 Å². The average molecular weight is 448 g/mol. The van der Waals surface area contributed by atoms with E-state index in [9.17, 15) is 9.18 Å². The van der Waals surface area contributed by atoms with Crippen LogP contribution in [0.3, 0.4) is 0 Å². The molecule has 2 heterocycles. The number of esters is 1. The number of halogens is 1. The maximum atomic E-state index is 14.0. The van der Waals surface area contributed by atoms with E-state index >= 15 is 0 Å². The highest BCUT2D eigenvalue weighted by Gasteiger charge is 2.48. The Hall–Kier alpha value is -3.42. The van der Waals surface area contributed by atoms with Crippen LogP contribution in [0.25, 0.3) is 0 Å². The van der Waals surface area contributed by atoms with Crippen LogP contribution in [0.2, 0.25) is 0 Å². The predicted molar refractivity (Wildman–Crippen MR) is 120 cm³/mol. The number of hydrazine groups is 1. The molecule has 2 fully saturated rings. The summed E-state index contributed by atoms with van der Waals surface area (Å²) in [6.07, 6.45) is -0.156. The Morgan fingerprint density at radius 3 is 2.55 bits per heavy atom. The van der Waals surface area contributed by atoms with E-state index < -0.39 is 6.23 Å². The van der Waals surface area contributed by atoms with Crippen molar-refractivity contribution in [2.24, 2.45) is 5.92 Å². The third-order valence-corrected chi connectivity index (χ3v) is 6.34. The molecule has 0 amide bonds. The van der Waals surface area contributed by atoms with Crippen molar-refractivity contribution in [3.05, 3.63) is 95.3 Å². The van der Waals surface area contributed by atoms with Gasteiger partial charge in [-0.15, -0.1) is 0 Å². The molecule has 170 valence electrons. The summed E-state index contributed by atoms with van der Waals surface area (Å²) in [4.78, 5) is 12.4. The van der Waals surface area contributed by atoms with Gasteiger partial charge < -0.3 is 14.2 Å².